The van der Waals surface area contributed by atoms with E-state index in [0.717, 1.165) is 28.8 Å². The van der Waals surface area contributed by atoms with Crippen molar-refractivity contribution in [3.63, 3.8) is 0 Å². The Morgan fingerprint density at radius 1 is 1.13 bits per heavy atom. The first-order valence-corrected chi connectivity index (χ1v) is 7.85. The first kappa shape index (κ1) is 13.9. The topological polar surface area (TPSA) is 58.5 Å². The van der Waals surface area contributed by atoms with E-state index in [1.165, 1.54) is 0 Å². The number of hydrogen-bond acceptors (Lipinski definition) is 3. The number of carbonyl (C=O) groups is 2. The van der Waals surface area contributed by atoms with Gasteiger partial charge in [-0.2, -0.15) is 0 Å². The largest absolute Gasteiger partial charge is 0.325 e. The number of ketones is 1. The molecule has 0 radical (unpaired) electrons. The van der Waals surface area contributed by atoms with Gasteiger partial charge in [-0.3, -0.25) is 14.6 Å². The van der Waals surface area contributed by atoms with E-state index in [-0.39, 0.29) is 11.7 Å². The molecule has 1 aliphatic heterocycles. The Balaban J connectivity index is 1.87. The minimum atomic E-state index is -0.0680. The van der Waals surface area contributed by atoms with Crippen LogP contribution >= 0.6 is 0 Å². The number of nitrogens with zero attached hydrogens (tertiary/aromatic N) is 1. The Morgan fingerprint density at radius 2 is 1.91 bits per heavy atom. The second kappa shape index (κ2) is 5.16. The second-order valence-electron chi connectivity index (χ2n) is 5.86. The third-order valence-electron chi connectivity index (χ3n) is 4.34. The molecule has 2 aromatic carbocycles. The lowest BCUT2D eigenvalue weighted by Crippen LogP contribution is -2.23. The van der Waals surface area contributed by atoms with Crippen molar-refractivity contribution in [1.29, 1.82) is 0 Å². The van der Waals surface area contributed by atoms with Crippen molar-refractivity contribution in [3.05, 3.63) is 64.2 Å². The Morgan fingerprint density at radius 3 is 2.74 bits per heavy atom. The summed E-state index contributed by atoms with van der Waals surface area (Å²) in [6.07, 6.45) is 1.22. The smallest absolute Gasteiger partial charge is 0.224 e. The van der Waals surface area contributed by atoms with Crippen molar-refractivity contribution in [2.75, 3.05) is 5.32 Å². The molecule has 1 heterocycles. The van der Waals surface area contributed by atoms with Crippen LogP contribution in [0.15, 0.2) is 41.4 Å². The number of nitrogens with one attached hydrogen (secondary N) is 1. The van der Waals surface area contributed by atoms with Gasteiger partial charge in [0.25, 0.3) is 0 Å². The summed E-state index contributed by atoms with van der Waals surface area (Å²) in [5.74, 6) is -0.105. The van der Waals surface area contributed by atoms with E-state index in [2.05, 4.69) is 10.3 Å². The molecule has 0 atom stereocenters. The lowest BCUT2D eigenvalue weighted by molar-refractivity contribution is -0.116. The van der Waals surface area contributed by atoms with Gasteiger partial charge >= 0.3 is 0 Å². The van der Waals surface area contributed by atoms with Crippen molar-refractivity contribution in [2.45, 2.75) is 26.3 Å². The maximum absolute atomic E-state index is 13.0. The van der Waals surface area contributed by atoms with Gasteiger partial charge in [-0.15, -0.1) is 0 Å². The number of rotatable bonds is 3. The number of hydrogen-bond donors (Lipinski definition) is 1. The molecule has 0 saturated carbocycles. The van der Waals surface area contributed by atoms with E-state index < -0.39 is 0 Å². The molecule has 0 spiro atoms. The predicted octanol–water partition coefficient (Wildman–Crippen LogP) is 3.32. The molecule has 0 unspecified atom stereocenters. The third kappa shape index (κ3) is 2.02. The molecule has 114 valence electrons. The van der Waals surface area contributed by atoms with Crippen molar-refractivity contribution < 1.29 is 9.59 Å². The highest BCUT2D eigenvalue weighted by Crippen LogP contribution is 2.36. The second-order valence-corrected chi connectivity index (χ2v) is 5.86. The predicted molar refractivity (Wildman–Crippen MR) is 89.2 cm³/mol. The van der Waals surface area contributed by atoms with Gasteiger partial charge in [0.15, 0.2) is 5.78 Å². The number of aliphatic imine (C=N–C) groups is 1. The summed E-state index contributed by atoms with van der Waals surface area (Å²) in [4.78, 5) is 29.6. The van der Waals surface area contributed by atoms with Crippen LogP contribution in [0.25, 0.3) is 0 Å². The molecule has 0 saturated heterocycles. The number of benzene rings is 2. The molecule has 2 aliphatic rings. The summed E-state index contributed by atoms with van der Waals surface area (Å²) >= 11 is 0. The fourth-order valence-electron chi connectivity index (χ4n) is 3.34. The van der Waals surface area contributed by atoms with Crippen LogP contribution < -0.4 is 5.32 Å². The van der Waals surface area contributed by atoms with Gasteiger partial charge in [0.05, 0.1) is 23.5 Å². The van der Waals surface area contributed by atoms with Gasteiger partial charge < -0.3 is 5.32 Å². The van der Waals surface area contributed by atoms with E-state index in [4.69, 9.17) is 0 Å². The molecule has 2 aromatic rings. The zero-order valence-corrected chi connectivity index (χ0v) is 12.8. The molecule has 1 aliphatic carbocycles. The van der Waals surface area contributed by atoms with E-state index in [9.17, 15) is 9.59 Å². The molecule has 0 aromatic heterocycles. The molecule has 4 heteroatoms. The van der Waals surface area contributed by atoms with Crippen molar-refractivity contribution in [1.82, 2.24) is 0 Å². The maximum Gasteiger partial charge on any atom is 0.224 e. The van der Waals surface area contributed by atoms with E-state index in [0.29, 0.717) is 29.8 Å². The molecule has 23 heavy (non-hydrogen) atoms. The number of carbonyl (C=O) groups excluding carboxylic acids is 2. The highest BCUT2D eigenvalue weighted by molar-refractivity contribution is 6.33. The highest BCUT2D eigenvalue weighted by atomic mass is 16.1. The first-order chi connectivity index (χ1) is 11.2. The highest BCUT2D eigenvalue weighted by Gasteiger charge is 2.34. The Labute approximate surface area is 134 Å². The quantitative estimate of drug-likeness (QED) is 0.807. The van der Waals surface area contributed by atoms with Crippen LogP contribution in [0.4, 0.5) is 5.69 Å². The van der Waals surface area contributed by atoms with Crippen LogP contribution in [0.1, 0.15) is 52.4 Å². The summed E-state index contributed by atoms with van der Waals surface area (Å²) in [5, 5.41) is 2.88. The summed E-state index contributed by atoms with van der Waals surface area (Å²) in [6, 6.07) is 11.3. The normalized spacial score (nSPS) is 14.1. The summed E-state index contributed by atoms with van der Waals surface area (Å²) in [7, 11) is 0. The average molecular weight is 304 g/mol. The zero-order chi connectivity index (χ0) is 16.0. The third-order valence-corrected chi connectivity index (χ3v) is 4.34. The van der Waals surface area contributed by atoms with Gasteiger partial charge in [0.1, 0.15) is 0 Å². The van der Waals surface area contributed by atoms with Crippen LogP contribution in [0.2, 0.25) is 0 Å². The summed E-state index contributed by atoms with van der Waals surface area (Å²) in [6.45, 7) is 2.56. The van der Waals surface area contributed by atoms with Gasteiger partial charge in [-0.05, 0) is 18.1 Å². The molecule has 1 amide bonds. The zero-order valence-electron chi connectivity index (χ0n) is 12.8. The SMILES string of the molecule is CCCC(=O)Nc1cccc2c1C(=O)c1cccc3c1C2=NC3. The fourth-order valence-corrected chi connectivity index (χ4v) is 3.34. The van der Waals surface area contributed by atoms with Crippen LogP contribution in [-0.2, 0) is 11.3 Å². The lowest BCUT2D eigenvalue weighted by atomic mass is 9.82. The minimum absolute atomic E-state index is 0.0369. The van der Waals surface area contributed by atoms with Crippen LogP contribution in [-0.4, -0.2) is 17.4 Å². The Kier molecular flexibility index (Phi) is 3.11. The summed E-state index contributed by atoms with van der Waals surface area (Å²) < 4.78 is 0. The monoisotopic (exact) mass is 304 g/mol. The fraction of sp³-hybridized carbons (Fsp3) is 0.211. The van der Waals surface area contributed by atoms with Crippen molar-refractivity contribution in [3.8, 4) is 0 Å². The number of fused-ring (bicyclic) bond motifs is 2. The molecule has 0 fully saturated rings. The van der Waals surface area contributed by atoms with Crippen molar-refractivity contribution >= 4 is 23.1 Å². The Hall–Kier alpha value is -2.75. The number of amides is 1. The van der Waals surface area contributed by atoms with Gasteiger partial charge in [-0.1, -0.05) is 37.3 Å². The first-order valence-electron chi connectivity index (χ1n) is 7.85. The van der Waals surface area contributed by atoms with Crippen LogP contribution in [0.3, 0.4) is 0 Å². The van der Waals surface area contributed by atoms with E-state index >= 15 is 0 Å². The van der Waals surface area contributed by atoms with E-state index in [1.807, 2.05) is 37.3 Å². The van der Waals surface area contributed by atoms with Crippen molar-refractivity contribution in [2.24, 2.45) is 4.99 Å². The standard InChI is InChI=1S/C19H16N2O2/c1-2-5-15(22)21-14-9-4-7-12-17(14)19(23)13-8-3-6-11-10-20-18(12)16(11)13/h3-4,6-9H,2,5,10H2,1H3,(H,21,22). The van der Waals surface area contributed by atoms with Gasteiger partial charge in [0.2, 0.25) is 5.91 Å². The molecule has 1 N–H and O–H groups in total. The Bertz CT molecular complexity index is 881. The molecule has 4 nitrogen and oxygen atoms in total. The number of anilines is 1. The van der Waals surface area contributed by atoms with Crippen LogP contribution in [0, 0.1) is 0 Å². The van der Waals surface area contributed by atoms with Crippen LogP contribution in [0.5, 0.6) is 0 Å². The molecule has 0 bridgehead atoms. The van der Waals surface area contributed by atoms with E-state index in [1.54, 1.807) is 6.07 Å². The average Bonchev–Trinajstić information content (AvgIpc) is 2.98. The lowest BCUT2D eigenvalue weighted by Gasteiger charge is -2.21. The minimum Gasteiger partial charge on any atom is -0.325 e. The molecule has 4 rings (SSSR count). The molecular weight excluding hydrogens is 288 g/mol. The van der Waals surface area contributed by atoms with Gasteiger partial charge in [0, 0.05) is 23.1 Å². The molecular formula is C19H16N2O2. The maximum atomic E-state index is 13.0. The summed E-state index contributed by atoms with van der Waals surface area (Å²) in [5.41, 5.74) is 5.57. The van der Waals surface area contributed by atoms with Gasteiger partial charge in [-0.25, -0.2) is 0 Å².